The Morgan fingerprint density at radius 3 is 2.45 bits per heavy atom. The maximum atomic E-state index is 12.7. The molecule has 0 bridgehead atoms. The number of nitrogens with one attached hydrogen (secondary N) is 2. The number of rotatable bonds is 7. The van der Waals surface area contributed by atoms with Crippen LogP contribution in [0, 0.1) is 5.92 Å². The molecule has 1 aliphatic heterocycles. The smallest absolute Gasteiger partial charge is 0.242 e. The standard InChI is InChI=1S/C22H31N5O2/c1-16(2)27-20(9-12-24-27)25-21(28)17(3)26-13-10-19(11-14-26)22(29)23-15-18-7-5-4-6-8-18/h4-9,12,16-17,19H,10-11,13-15H2,1-3H3,(H,23,29)(H,25,28). The van der Waals surface area contributed by atoms with E-state index in [-0.39, 0.29) is 29.8 Å². The number of amides is 2. The molecule has 1 aromatic carbocycles. The molecule has 29 heavy (non-hydrogen) atoms. The van der Waals surface area contributed by atoms with Crippen LogP contribution >= 0.6 is 0 Å². The third-order valence-corrected chi connectivity index (χ3v) is 5.55. The summed E-state index contributed by atoms with van der Waals surface area (Å²) in [6.45, 7) is 8.01. The quantitative estimate of drug-likeness (QED) is 0.753. The Bertz CT molecular complexity index is 810. The van der Waals surface area contributed by atoms with Gasteiger partial charge in [-0.2, -0.15) is 5.10 Å². The second kappa shape index (κ2) is 9.69. The molecule has 1 fully saturated rings. The maximum Gasteiger partial charge on any atom is 0.242 e. The third kappa shape index (κ3) is 5.44. The van der Waals surface area contributed by atoms with Gasteiger partial charge in [-0.25, -0.2) is 4.68 Å². The van der Waals surface area contributed by atoms with Gasteiger partial charge in [0.15, 0.2) is 0 Å². The molecule has 2 aromatic rings. The van der Waals surface area contributed by atoms with Crippen LogP contribution in [0.4, 0.5) is 5.82 Å². The van der Waals surface area contributed by atoms with Crippen LogP contribution in [0.5, 0.6) is 0 Å². The maximum absolute atomic E-state index is 12.7. The number of carbonyl (C=O) groups is 2. The molecule has 1 aliphatic rings. The number of hydrogen-bond donors (Lipinski definition) is 2. The Morgan fingerprint density at radius 2 is 1.79 bits per heavy atom. The van der Waals surface area contributed by atoms with Crippen molar-refractivity contribution in [3.05, 3.63) is 48.2 Å². The minimum Gasteiger partial charge on any atom is -0.352 e. The number of benzene rings is 1. The van der Waals surface area contributed by atoms with Gasteiger partial charge in [-0.3, -0.25) is 14.5 Å². The molecule has 0 radical (unpaired) electrons. The molecule has 1 aromatic heterocycles. The number of aromatic nitrogens is 2. The van der Waals surface area contributed by atoms with Crippen molar-refractivity contribution >= 4 is 17.6 Å². The van der Waals surface area contributed by atoms with Crippen molar-refractivity contribution in [1.82, 2.24) is 20.0 Å². The van der Waals surface area contributed by atoms with E-state index in [2.05, 4.69) is 20.6 Å². The molecular weight excluding hydrogens is 366 g/mol. The Labute approximate surface area is 172 Å². The molecule has 1 saturated heterocycles. The van der Waals surface area contributed by atoms with Crippen LogP contribution in [-0.4, -0.2) is 45.6 Å². The fourth-order valence-electron chi connectivity index (χ4n) is 3.70. The summed E-state index contributed by atoms with van der Waals surface area (Å²) >= 11 is 0. The average molecular weight is 398 g/mol. The highest BCUT2D eigenvalue weighted by molar-refractivity contribution is 5.93. The number of anilines is 1. The van der Waals surface area contributed by atoms with Gasteiger partial charge in [-0.15, -0.1) is 0 Å². The van der Waals surface area contributed by atoms with Crippen LogP contribution in [0.25, 0.3) is 0 Å². The number of nitrogens with zero attached hydrogens (tertiary/aromatic N) is 3. The summed E-state index contributed by atoms with van der Waals surface area (Å²) in [4.78, 5) is 27.3. The first-order chi connectivity index (χ1) is 14.0. The molecule has 1 atom stereocenters. The monoisotopic (exact) mass is 397 g/mol. The highest BCUT2D eigenvalue weighted by Gasteiger charge is 2.30. The zero-order valence-electron chi connectivity index (χ0n) is 17.5. The van der Waals surface area contributed by atoms with Crippen LogP contribution in [0.1, 0.15) is 45.2 Å². The van der Waals surface area contributed by atoms with E-state index >= 15 is 0 Å². The van der Waals surface area contributed by atoms with Crippen molar-refractivity contribution in [1.29, 1.82) is 0 Å². The molecule has 2 heterocycles. The van der Waals surface area contributed by atoms with E-state index in [4.69, 9.17) is 0 Å². The van der Waals surface area contributed by atoms with Crippen molar-refractivity contribution in [2.24, 2.45) is 5.92 Å². The van der Waals surface area contributed by atoms with E-state index in [0.717, 1.165) is 31.5 Å². The number of hydrogen-bond acceptors (Lipinski definition) is 4. The lowest BCUT2D eigenvalue weighted by Crippen LogP contribution is -2.48. The van der Waals surface area contributed by atoms with Crippen LogP contribution < -0.4 is 10.6 Å². The van der Waals surface area contributed by atoms with Crippen molar-refractivity contribution in [2.45, 2.75) is 52.2 Å². The SMILES string of the molecule is CC(C(=O)Nc1ccnn1C(C)C)N1CCC(C(=O)NCc2ccccc2)CC1. The topological polar surface area (TPSA) is 79.3 Å². The predicted molar refractivity (Wildman–Crippen MR) is 113 cm³/mol. The average Bonchev–Trinajstić information content (AvgIpc) is 3.20. The largest absolute Gasteiger partial charge is 0.352 e. The first-order valence-electron chi connectivity index (χ1n) is 10.4. The van der Waals surface area contributed by atoms with Crippen LogP contribution in [-0.2, 0) is 16.1 Å². The minimum atomic E-state index is -0.251. The van der Waals surface area contributed by atoms with Crippen molar-refractivity contribution in [2.75, 3.05) is 18.4 Å². The summed E-state index contributed by atoms with van der Waals surface area (Å²) in [5.41, 5.74) is 1.10. The van der Waals surface area contributed by atoms with Crippen LogP contribution in [0.15, 0.2) is 42.6 Å². The normalized spacial score (nSPS) is 16.6. The molecular formula is C22H31N5O2. The molecule has 156 valence electrons. The Morgan fingerprint density at radius 1 is 1.10 bits per heavy atom. The van der Waals surface area contributed by atoms with Crippen LogP contribution in [0.2, 0.25) is 0 Å². The van der Waals surface area contributed by atoms with Crippen molar-refractivity contribution in [3.63, 3.8) is 0 Å². The molecule has 2 N–H and O–H groups in total. The highest BCUT2D eigenvalue weighted by Crippen LogP contribution is 2.20. The Kier molecular flexibility index (Phi) is 7.04. The third-order valence-electron chi connectivity index (χ3n) is 5.55. The zero-order chi connectivity index (χ0) is 20.8. The number of likely N-dealkylation sites (tertiary alicyclic amines) is 1. The van der Waals surface area contributed by atoms with E-state index < -0.39 is 0 Å². The zero-order valence-corrected chi connectivity index (χ0v) is 17.5. The Balaban J connectivity index is 1.46. The first kappa shape index (κ1) is 21.0. The number of piperidine rings is 1. The summed E-state index contributed by atoms with van der Waals surface area (Å²) in [5.74, 6) is 0.783. The molecule has 7 nitrogen and oxygen atoms in total. The Hall–Kier alpha value is -2.67. The van der Waals surface area contributed by atoms with Gasteiger partial charge in [0.05, 0.1) is 12.2 Å². The second-order valence-electron chi connectivity index (χ2n) is 7.93. The van der Waals surface area contributed by atoms with E-state index in [1.807, 2.05) is 57.2 Å². The fraction of sp³-hybridized carbons (Fsp3) is 0.500. The van der Waals surface area contributed by atoms with Gasteiger partial charge in [0.25, 0.3) is 0 Å². The van der Waals surface area contributed by atoms with Gasteiger partial charge < -0.3 is 10.6 Å². The van der Waals surface area contributed by atoms with Gasteiger partial charge in [0, 0.05) is 24.6 Å². The van der Waals surface area contributed by atoms with E-state index in [9.17, 15) is 9.59 Å². The summed E-state index contributed by atoms with van der Waals surface area (Å²) in [5, 5.41) is 10.3. The van der Waals surface area contributed by atoms with E-state index in [1.165, 1.54) is 0 Å². The highest BCUT2D eigenvalue weighted by atomic mass is 16.2. The molecule has 0 spiro atoms. The van der Waals surface area contributed by atoms with Crippen molar-refractivity contribution in [3.8, 4) is 0 Å². The molecule has 7 heteroatoms. The van der Waals surface area contributed by atoms with Gasteiger partial charge >= 0.3 is 0 Å². The van der Waals surface area contributed by atoms with E-state index in [1.54, 1.807) is 10.9 Å². The van der Waals surface area contributed by atoms with Gasteiger partial charge in [-0.05, 0) is 52.3 Å². The summed E-state index contributed by atoms with van der Waals surface area (Å²) in [6, 6.07) is 11.7. The van der Waals surface area contributed by atoms with Gasteiger partial charge in [0.2, 0.25) is 11.8 Å². The number of carbonyl (C=O) groups excluding carboxylic acids is 2. The lowest BCUT2D eigenvalue weighted by atomic mass is 9.94. The fourth-order valence-corrected chi connectivity index (χ4v) is 3.70. The second-order valence-corrected chi connectivity index (χ2v) is 7.93. The molecule has 0 saturated carbocycles. The van der Waals surface area contributed by atoms with Crippen molar-refractivity contribution < 1.29 is 9.59 Å². The first-order valence-corrected chi connectivity index (χ1v) is 10.4. The van der Waals surface area contributed by atoms with E-state index in [0.29, 0.717) is 12.4 Å². The minimum absolute atomic E-state index is 0.00703. The van der Waals surface area contributed by atoms with Gasteiger partial charge in [0.1, 0.15) is 5.82 Å². The molecule has 2 amide bonds. The molecule has 0 aliphatic carbocycles. The summed E-state index contributed by atoms with van der Waals surface area (Å²) in [6.07, 6.45) is 3.23. The summed E-state index contributed by atoms with van der Waals surface area (Å²) < 4.78 is 1.80. The van der Waals surface area contributed by atoms with Gasteiger partial charge in [-0.1, -0.05) is 30.3 Å². The predicted octanol–water partition coefficient (Wildman–Crippen LogP) is 2.82. The lowest BCUT2D eigenvalue weighted by Gasteiger charge is -2.34. The van der Waals surface area contributed by atoms with Crippen LogP contribution in [0.3, 0.4) is 0 Å². The lowest BCUT2D eigenvalue weighted by molar-refractivity contribution is -0.127. The molecule has 1 unspecified atom stereocenters. The summed E-state index contributed by atoms with van der Waals surface area (Å²) in [7, 11) is 0. The molecule has 3 rings (SSSR count).